The van der Waals surface area contributed by atoms with Gasteiger partial charge in [0.25, 0.3) is 0 Å². The molecule has 0 aliphatic heterocycles. The highest BCUT2D eigenvalue weighted by Gasteiger charge is 2.34. The molecule has 1 saturated carbocycles. The van der Waals surface area contributed by atoms with Gasteiger partial charge in [0.15, 0.2) is 0 Å². The smallest absolute Gasteiger partial charge is 0.221 e. The SMILES string of the molecule is CC(=O)Nc1cccc(NC2CCCC2(C)C)c1. The molecule has 1 aliphatic carbocycles. The summed E-state index contributed by atoms with van der Waals surface area (Å²) < 4.78 is 0. The number of rotatable bonds is 3. The third-order valence-electron chi connectivity index (χ3n) is 3.78. The van der Waals surface area contributed by atoms with Crippen LogP contribution in [0.3, 0.4) is 0 Å². The molecule has 1 unspecified atom stereocenters. The minimum Gasteiger partial charge on any atom is -0.382 e. The minimum absolute atomic E-state index is 0.0339. The maximum absolute atomic E-state index is 11.0. The van der Waals surface area contributed by atoms with Crippen LogP contribution >= 0.6 is 0 Å². The molecule has 3 heteroatoms. The van der Waals surface area contributed by atoms with Crippen molar-refractivity contribution in [3.05, 3.63) is 24.3 Å². The van der Waals surface area contributed by atoms with Crippen LogP contribution in [-0.2, 0) is 4.79 Å². The van der Waals surface area contributed by atoms with Gasteiger partial charge in [-0.3, -0.25) is 4.79 Å². The van der Waals surface area contributed by atoms with Crippen LogP contribution in [0.25, 0.3) is 0 Å². The summed E-state index contributed by atoms with van der Waals surface area (Å²) in [7, 11) is 0. The fourth-order valence-corrected chi connectivity index (χ4v) is 2.69. The maximum Gasteiger partial charge on any atom is 0.221 e. The number of carbonyl (C=O) groups excluding carboxylic acids is 1. The highest BCUT2D eigenvalue weighted by atomic mass is 16.1. The van der Waals surface area contributed by atoms with Crippen LogP contribution in [0.2, 0.25) is 0 Å². The molecule has 1 atom stereocenters. The summed E-state index contributed by atoms with van der Waals surface area (Å²) in [5.41, 5.74) is 2.29. The summed E-state index contributed by atoms with van der Waals surface area (Å²) in [6, 6.07) is 8.45. The fraction of sp³-hybridized carbons (Fsp3) is 0.533. The van der Waals surface area contributed by atoms with Gasteiger partial charge in [0.2, 0.25) is 5.91 Å². The van der Waals surface area contributed by atoms with Crippen molar-refractivity contribution >= 4 is 17.3 Å². The number of hydrogen-bond donors (Lipinski definition) is 2. The normalized spacial score (nSPS) is 21.6. The van der Waals surface area contributed by atoms with Crippen molar-refractivity contribution < 1.29 is 4.79 Å². The van der Waals surface area contributed by atoms with E-state index in [1.54, 1.807) is 0 Å². The fourth-order valence-electron chi connectivity index (χ4n) is 2.69. The van der Waals surface area contributed by atoms with E-state index in [1.807, 2.05) is 18.2 Å². The molecule has 0 spiro atoms. The minimum atomic E-state index is -0.0339. The van der Waals surface area contributed by atoms with Crippen molar-refractivity contribution in [2.75, 3.05) is 10.6 Å². The number of nitrogens with one attached hydrogen (secondary N) is 2. The molecule has 0 saturated heterocycles. The van der Waals surface area contributed by atoms with E-state index in [-0.39, 0.29) is 5.91 Å². The first kappa shape index (κ1) is 12.9. The van der Waals surface area contributed by atoms with Crippen LogP contribution in [0.15, 0.2) is 24.3 Å². The van der Waals surface area contributed by atoms with Crippen LogP contribution in [0.1, 0.15) is 40.0 Å². The molecule has 1 aromatic carbocycles. The Morgan fingerprint density at radius 3 is 2.67 bits per heavy atom. The molecule has 98 valence electrons. The Morgan fingerprint density at radius 2 is 2.06 bits per heavy atom. The monoisotopic (exact) mass is 246 g/mol. The third-order valence-corrected chi connectivity index (χ3v) is 3.78. The summed E-state index contributed by atoms with van der Waals surface area (Å²) in [5.74, 6) is -0.0339. The van der Waals surface area contributed by atoms with Gasteiger partial charge >= 0.3 is 0 Å². The van der Waals surface area contributed by atoms with Crippen molar-refractivity contribution in [1.82, 2.24) is 0 Å². The predicted octanol–water partition coefficient (Wildman–Crippen LogP) is 3.64. The van der Waals surface area contributed by atoms with Crippen molar-refractivity contribution in [2.45, 2.75) is 46.1 Å². The van der Waals surface area contributed by atoms with Gasteiger partial charge < -0.3 is 10.6 Å². The first-order chi connectivity index (χ1) is 8.47. The first-order valence-electron chi connectivity index (χ1n) is 6.61. The Bertz CT molecular complexity index is 440. The van der Waals surface area contributed by atoms with Crippen LogP contribution in [0.5, 0.6) is 0 Å². The number of carbonyl (C=O) groups is 1. The molecule has 1 aliphatic rings. The van der Waals surface area contributed by atoms with Crippen molar-refractivity contribution in [3.63, 3.8) is 0 Å². The Balaban J connectivity index is 2.07. The quantitative estimate of drug-likeness (QED) is 0.855. The van der Waals surface area contributed by atoms with E-state index >= 15 is 0 Å². The third kappa shape index (κ3) is 3.03. The predicted molar refractivity (Wildman–Crippen MR) is 75.8 cm³/mol. The number of hydrogen-bond acceptors (Lipinski definition) is 2. The van der Waals surface area contributed by atoms with Crippen molar-refractivity contribution in [2.24, 2.45) is 5.41 Å². The van der Waals surface area contributed by atoms with E-state index in [2.05, 4.69) is 30.5 Å². The standard InChI is InChI=1S/C15H22N2O/c1-11(18)16-12-6-4-7-13(10-12)17-14-8-5-9-15(14,2)3/h4,6-7,10,14,17H,5,8-9H2,1-3H3,(H,16,18). The zero-order valence-corrected chi connectivity index (χ0v) is 11.4. The van der Waals surface area contributed by atoms with E-state index in [1.165, 1.54) is 26.2 Å². The second-order valence-corrected chi connectivity index (χ2v) is 5.84. The Hall–Kier alpha value is -1.51. The topological polar surface area (TPSA) is 41.1 Å². The molecular weight excluding hydrogens is 224 g/mol. The van der Waals surface area contributed by atoms with Gasteiger partial charge in [-0.25, -0.2) is 0 Å². The van der Waals surface area contributed by atoms with E-state index in [0.717, 1.165) is 11.4 Å². The summed E-state index contributed by atoms with van der Waals surface area (Å²) in [6.45, 7) is 6.16. The van der Waals surface area contributed by atoms with Crippen LogP contribution < -0.4 is 10.6 Å². The highest BCUT2D eigenvalue weighted by Crippen LogP contribution is 2.39. The van der Waals surface area contributed by atoms with Crippen molar-refractivity contribution in [1.29, 1.82) is 0 Å². The molecule has 2 N–H and O–H groups in total. The summed E-state index contributed by atoms with van der Waals surface area (Å²) in [4.78, 5) is 11.0. The van der Waals surface area contributed by atoms with Gasteiger partial charge in [0, 0.05) is 24.3 Å². The molecule has 0 bridgehead atoms. The number of anilines is 2. The average Bonchev–Trinajstić information content (AvgIpc) is 2.58. The van der Waals surface area contributed by atoms with Gasteiger partial charge in [0.1, 0.15) is 0 Å². The zero-order valence-electron chi connectivity index (χ0n) is 11.4. The van der Waals surface area contributed by atoms with Crippen LogP contribution in [-0.4, -0.2) is 11.9 Å². The lowest BCUT2D eigenvalue weighted by atomic mass is 9.87. The molecule has 1 aromatic rings. The lowest BCUT2D eigenvalue weighted by Crippen LogP contribution is -2.30. The number of amides is 1. The second-order valence-electron chi connectivity index (χ2n) is 5.84. The Labute approximate surface area is 109 Å². The first-order valence-corrected chi connectivity index (χ1v) is 6.61. The molecule has 0 radical (unpaired) electrons. The number of benzene rings is 1. The Kier molecular flexibility index (Phi) is 3.60. The molecule has 18 heavy (non-hydrogen) atoms. The zero-order chi connectivity index (χ0) is 13.2. The van der Waals surface area contributed by atoms with Gasteiger partial charge in [-0.05, 0) is 36.5 Å². The van der Waals surface area contributed by atoms with E-state index in [4.69, 9.17) is 0 Å². The van der Waals surface area contributed by atoms with E-state index in [0.29, 0.717) is 11.5 Å². The van der Waals surface area contributed by atoms with Gasteiger partial charge in [-0.1, -0.05) is 26.3 Å². The molecule has 0 heterocycles. The molecule has 2 rings (SSSR count). The molecule has 0 aromatic heterocycles. The highest BCUT2D eigenvalue weighted by molar-refractivity contribution is 5.89. The maximum atomic E-state index is 11.0. The lowest BCUT2D eigenvalue weighted by Gasteiger charge is -2.28. The summed E-state index contributed by atoms with van der Waals surface area (Å²) in [6.07, 6.45) is 3.78. The van der Waals surface area contributed by atoms with E-state index in [9.17, 15) is 4.79 Å². The van der Waals surface area contributed by atoms with Crippen LogP contribution in [0, 0.1) is 5.41 Å². The molecule has 1 amide bonds. The lowest BCUT2D eigenvalue weighted by molar-refractivity contribution is -0.114. The average molecular weight is 246 g/mol. The molecular formula is C15H22N2O. The van der Waals surface area contributed by atoms with Gasteiger partial charge in [0.05, 0.1) is 0 Å². The van der Waals surface area contributed by atoms with E-state index < -0.39 is 0 Å². The molecule has 3 nitrogen and oxygen atoms in total. The second kappa shape index (κ2) is 5.01. The van der Waals surface area contributed by atoms with Crippen molar-refractivity contribution in [3.8, 4) is 0 Å². The van der Waals surface area contributed by atoms with Gasteiger partial charge in [-0.15, -0.1) is 0 Å². The van der Waals surface area contributed by atoms with Crippen LogP contribution in [0.4, 0.5) is 11.4 Å². The van der Waals surface area contributed by atoms with Gasteiger partial charge in [-0.2, -0.15) is 0 Å². The summed E-state index contributed by atoms with van der Waals surface area (Å²) >= 11 is 0. The molecule has 1 fully saturated rings. The largest absolute Gasteiger partial charge is 0.382 e. The summed E-state index contributed by atoms with van der Waals surface area (Å²) in [5, 5.41) is 6.41. The Morgan fingerprint density at radius 1 is 1.33 bits per heavy atom.